The second-order valence-electron chi connectivity index (χ2n) is 4.74. The summed E-state index contributed by atoms with van der Waals surface area (Å²) in [5, 5.41) is 0. The van der Waals surface area contributed by atoms with Crippen molar-refractivity contribution < 1.29 is 13.6 Å². The SMILES string of the molecule is O=C(c1ccccc1)C(F)(F)CCCc1ccccc1. The topological polar surface area (TPSA) is 17.1 Å². The van der Waals surface area contributed by atoms with Gasteiger partial charge in [-0.1, -0.05) is 60.7 Å². The zero-order valence-electron chi connectivity index (χ0n) is 11.1. The summed E-state index contributed by atoms with van der Waals surface area (Å²) < 4.78 is 27.7. The lowest BCUT2D eigenvalue weighted by molar-refractivity contribution is 0.00382. The maximum absolute atomic E-state index is 13.9. The van der Waals surface area contributed by atoms with Crippen molar-refractivity contribution in [3.05, 3.63) is 71.8 Å². The number of rotatable bonds is 6. The summed E-state index contributed by atoms with van der Waals surface area (Å²) in [6.45, 7) is 0. The zero-order chi connectivity index (χ0) is 14.4. The van der Waals surface area contributed by atoms with Gasteiger partial charge >= 0.3 is 5.92 Å². The van der Waals surface area contributed by atoms with Gasteiger partial charge in [0.25, 0.3) is 0 Å². The number of Topliss-reactive ketones (excluding diaryl/α,β-unsaturated/α-hetero) is 1. The van der Waals surface area contributed by atoms with Crippen molar-refractivity contribution in [1.29, 1.82) is 0 Å². The molecule has 1 nitrogen and oxygen atoms in total. The van der Waals surface area contributed by atoms with Crippen molar-refractivity contribution in [3.8, 4) is 0 Å². The lowest BCUT2D eigenvalue weighted by Crippen LogP contribution is -2.28. The molecule has 0 saturated heterocycles. The number of alkyl halides is 2. The summed E-state index contributed by atoms with van der Waals surface area (Å²) in [6.07, 6.45) is 0.420. The average molecular weight is 274 g/mol. The molecule has 0 saturated carbocycles. The Kier molecular flexibility index (Phi) is 4.61. The van der Waals surface area contributed by atoms with Gasteiger partial charge in [-0.15, -0.1) is 0 Å². The molecule has 0 bridgehead atoms. The summed E-state index contributed by atoms with van der Waals surface area (Å²) in [4.78, 5) is 11.8. The number of carbonyl (C=O) groups is 1. The third kappa shape index (κ3) is 3.73. The molecule has 0 aromatic heterocycles. The first-order valence-electron chi connectivity index (χ1n) is 6.61. The minimum Gasteiger partial charge on any atom is -0.287 e. The molecular formula is C17H16F2O. The summed E-state index contributed by atoms with van der Waals surface area (Å²) >= 11 is 0. The highest BCUT2D eigenvalue weighted by Crippen LogP contribution is 2.26. The smallest absolute Gasteiger partial charge is 0.287 e. The van der Waals surface area contributed by atoms with Crippen LogP contribution in [-0.4, -0.2) is 11.7 Å². The fourth-order valence-corrected chi connectivity index (χ4v) is 2.07. The highest BCUT2D eigenvalue weighted by molar-refractivity contribution is 6.01. The van der Waals surface area contributed by atoms with Crippen LogP contribution in [-0.2, 0) is 6.42 Å². The lowest BCUT2D eigenvalue weighted by atomic mass is 9.99. The minimum atomic E-state index is -3.30. The predicted molar refractivity (Wildman–Crippen MR) is 75.1 cm³/mol. The molecule has 2 aromatic carbocycles. The summed E-state index contributed by atoms with van der Waals surface area (Å²) in [7, 11) is 0. The maximum Gasteiger partial charge on any atom is 0.309 e. The normalized spacial score (nSPS) is 11.3. The van der Waals surface area contributed by atoms with E-state index in [4.69, 9.17) is 0 Å². The van der Waals surface area contributed by atoms with Gasteiger partial charge in [-0.05, 0) is 18.4 Å². The van der Waals surface area contributed by atoms with E-state index in [1.807, 2.05) is 30.3 Å². The monoisotopic (exact) mass is 274 g/mol. The Bertz CT molecular complexity index is 550. The Labute approximate surface area is 117 Å². The summed E-state index contributed by atoms with van der Waals surface area (Å²) in [5.41, 5.74) is 1.08. The first kappa shape index (κ1) is 14.4. The predicted octanol–water partition coefficient (Wildman–Crippen LogP) is 4.53. The van der Waals surface area contributed by atoms with E-state index < -0.39 is 18.1 Å². The van der Waals surface area contributed by atoms with Crippen molar-refractivity contribution >= 4 is 5.78 Å². The average Bonchev–Trinajstić information content (AvgIpc) is 2.48. The molecule has 0 spiro atoms. The Morgan fingerprint density at radius 2 is 1.45 bits per heavy atom. The Balaban J connectivity index is 1.92. The molecule has 0 aliphatic carbocycles. The van der Waals surface area contributed by atoms with Crippen molar-refractivity contribution in [3.63, 3.8) is 0 Å². The number of halogens is 2. The van der Waals surface area contributed by atoms with Crippen LogP contribution in [0.15, 0.2) is 60.7 Å². The van der Waals surface area contributed by atoms with E-state index in [2.05, 4.69) is 0 Å². The van der Waals surface area contributed by atoms with Gasteiger partial charge in [0.2, 0.25) is 5.78 Å². The molecular weight excluding hydrogens is 258 g/mol. The molecule has 0 radical (unpaired) electrons. The molecule has 0 unspecified atom stereocenters. The van der Waals surface area contributed by atoms with E-state index in [0.29, 0.717) is 6.42 Å². The van der Waals surface area contributed by atoms with Crippen molar-refractivity contribution in [2.24, 2.45) is 0 Å². The van der Waals surface area contributed by atoms with E-state index in [1.54, 1.807) is 18.2 Å². The van der Waals surface area contributed by atoms with Gasteiger partial charge < -0.3 is 0 Å². The first-order valence-corrected chi connectivity index (χ1v) is 6.61. The second kappa shape index (κ2) is 6.42. The number of aryl methyl sites for hydroxylation is 1. The fourth-order valence-electron chi connectivity index (χ4n) is 2.07. The highest BCUT2D eigenvalue weighted by atomic mass is 19.3. The Morgan fingerprint density at radius 3 is 2.05 bits per heavy atom. The second-order valence-corrected chi connectivity index (χ2v) is 4.74. The molecule has 104 valence electrons. The molecule has 2 aromatic rings. The molecule has 2 rings (SSSR count). The van der Waals surface area contributed by atoms with Crippen LogP contribution in [0, 0.1) is 0 Å². The standard InChI is InChI=1S/C17H16F2O/c18-17(19,16(20)15-11-5-2-6-12-15)13-7-10-14-8-3-1-4-9-14/h1-6,8-9,11-12H,7,10,13H2. The maximum atomic E-state index is 13.9. The lowest BCUT2D eigenvalue weighted by Gasteiger charge is -2.15. The van der Waals surface area contributed by atoms with Gasteiger partial charge in [0, 0.05) is 12.0 Å². The van der Waals surface area contributed by atoms with E-state index in [9.17, 15) is 13.6 Å². The number of benzene rings is 2. The Hall–Kier alpha value is -2.03. The molecule has 0 aliphatic rings. The number of hydrogen-bond donors (Lipinski definition) is 0. The van der Waals surface area contributed by atoms with Crippen LogP contribution >= 0.6 is 0 Å². The molecule has 0 amide bonds. The van der Waals surface area contributed by atoms with Gasteiger partial charge in [0.15, 0.2) is 0 Å². The highest BCUT2D eigenvalue weighted by Gasteiger charge is 2.38. The van der Waals surface area contributed by atoms with Crippen LogP contribution in [0.2, 0.25) is 0 Å². The fraction of sp³-hybridized carbons (Fsp3) is 0.235. The van der Waals surface area contributed by atoms with Crippen LogP contribution < -0.4 is 0 Å². The van der Waals surface area contributed by atoms with Gasteiger partial charge in [-0.25, -0.2) is 0 Å². The third-order valence-electron chi connectivity index (χ3n) is 3.17. The summed E-state index contributed by atoms with van der Waals surface area (Å²) in [6, 6.07) is 17.2. The van der Waals surface area contributed by atoms with Crippen LogP contribution in [0.5, 0.6) is 0 Å². The zero-order valence-corrected chi connectivity index (χ0v) is 11.1. The molecule has 20 heavy (non-hydrogen) atoms. The van der Waals surface area contributed by atoms with Crippen molar-refractivity contribution in [2.75, 3.05) is 0 Å². The van der Waals surface area contributed by atoms with Gasteiger partial charge in [0.05, 0.1) is 0 Å². The van der Waals surface area contributed by atoms with Crippen LogP contribution in [0.1, 0.15) is 28.8 Å². The number of carbonyl (C=O) groups excluding carboxylic acids is 1. The molecule has 0 atom stereocenters. The van der Waals surface area contributed by atoms with Gasteiger partial charge in [-0.2, -0.15) is 8.78 Å². The molecule has 0 N–H and O–H groups in total. The quantitative estimate of drug-likeness (QED) is 0.707. The number of ketones is 1. The van der Waals surface area contributed by atoms with Crippen LogP contribution in [0.4, 0.5) is 8.78 Å². The summed E-state index contributed by atoms with van der Waals surface area (Å²) in [5.74, 6) is -4.39. The van der Waals surface area contributed by atoms with Crippen molar-refractivity contribution in [1.82, 2.24) is 0 Å². The Morgan fingerprint density at radius 1 is 0.900 bits per heavy atom. The molecule has 0 fully saturated rings. The van der Waals surface area contributed by atoms with Gasteiger partial charge in [0.1, 0.15) is 0 Å². The minimum absolute atomic E-state index is 0.0669. The molecule has 0 heterocycles. The third-order valence-corrected chi connectivity index (χ3v) is 3.17. The van der Waals surface area contributed by atoms with Gasteiger partial charge in [-0.3, -0.25) is 4.79 Å². The first-order chi connectivity index (χ1) is 9.59. The van der Waals surface area contributed by atoms with Crippen LogP contribution in [0.25, 0.3) is 0 Å². The van der Waals surface area contributed by atoms with E-state index >= 15 is 0 Å². The van der Waals surface area contributed by atoms with Crippen LogP contribution in [0.3, 0.4) is 0 Å². The molecule has 3 heteroatoms. The van der Waals surface area contributed by atoms with E-state index in [1.165, 1.54) is 12.1 Å². The largest absolute Gasteiger partial charge is 0.309 e. The van der Waals surface area contributed by atoms with E-state index in [-0.39, 0.29) is 12.0 Å². The number of hydrogen-bond acceptors (Lipinski definition) is 1. The van der Waals surface area contributed by atoms with E-state index in [0.717, 1.165) is 5.56 Å². The molecule has 0 aliphatic heterocycles. The van der Waals surface area contributed by atoms with Crippen molar-refractivity contribution in [2.45, 2.75) is 25.2 Å².